The van der Waals surface area contributed by atoms with Crippen LogP contribution in [0.15, 0.2) is 79.2 Å². The van der Waals surface area contributed by atoms with E-state index in [4.69, 9.17) is 5.11 Å². The van der Waals surface area contributed by atoms with E-state index in [2.05, 4.69) is 45.8 Å². The Morgan fingerprint density at radius 1 is 1.04 bits per heavy atom. The first kappa shape index (κ1) is 17.8. The first-order valence-electron chi connectivity index (χ1n) is 7.53. The van der Waals surface area contributed by atoms with Crippen molar-refractivity contribution in [1.82, 2.24) is 4.98 Å². The second-order valence-corrected chi connectivity index (χ2v) is 4.90. The molecule has 0 saturated heterocycles. The van der Waals surface area contributed by atoms with Crippen LogP contribution in [0.1, 0.15) is 11.3 Å². The maximum atomic E-state index is 9.59. The van der Waals surface area contributed by atoms with Gasteiger partial charge in [-0.2, -0.15) is 0 Å². The summed E-state index contributed by atoms with van der Waals surface area (Å²) in [6.45, 7) is 0. The molecule has 1 aromatic heterocycles. The van der Waals surface area contributed by atoms with Crippen LogP contribution < -0.4 is 0 Å². The van der Waals surface area contributed by atoms with Crippen LogP contribution in [-0.2, 0) is 9.53 Å². The lowest BCUT2D eigenvalue weighted by molar-refractivity contribution is -0.131. The Morgan fingerprint density at radius 2 is 1.80 bits per heavy atom. The van der Waals surface area contributed by atoms with Gasteiger partial charge < -0.3 is 9.84 Å². The molecule has 0 amide bonds. The lowest BCUT2D eigenvalue weighted by atomic mass is 10.1. The molecule has 0 unspecified atom stereocenters. The summed E-state index contributed by atoms with van der Waals surface area (Å²) in [5, 5.41) is 10.3. The largest absolute Gasteiger partial charge is 0.504 e. The number of methoxy groups -OCH3 is 1. The molecule has 3 aromatic rings. The van der Waals surface area contributed by atoms with Crippen LogP contribution in [0.25, 0.3) is 10.8 Å². The maximum absolute atomic E-state index is 9.59. The van der Waals surface area contributed by atoms with Gasteiger partial charge in [-0.25, -0.2) is 9.78 Å². The van der Waals surface area contributed by atoms with Crippen molar-refractivity contribution in [3.05, 3.63) is 90.5 Å². The molecule has 0 bridgehead atoms. The van der Waals surface area contributed by atoms with Crippen molar-refractivity contribution in [2.45, 2.75) is 0 Å². The standard InChI is InChI=1S/C17H11N.C4H6O3/c1-2-6-16-13-14(8-10-15(16)5-1)9-11-17-7-3-4-12-18-17;1-7-3-2-4(5)6/h1-8,10,12-13H;2-3H,1H3,(H,5,6). The zero-order valence-electron chi connectivity index (χ0n) is 13.7. The number of ether oxygens (including phenoxy) is 1. The fraction of sp³-hybridized carbons (Fsp3) is 0.0476. The van der Waals surface area contributed by atoms with Gasteiger partial charge in [-0.1, -0.05) is 42.3 Å². The summed E-state index contributed by atoms with van der Waals surface area (Å²) >= 11 is 0. The van der Waals surface area contributed by atoms with E-state index in [1.807, 2.05) is 36.4 Å². The summed E-state index contributed by atoms with van der Waals surface area (Å²) in [7, 11) is 1.39. The molecule has 1 heterocycles. The Morgan fingerprint density at radius 3 is 2.44 bits per heavy atom. The molecule has 0 atom stereocenters. The quantitative estimate of drug-likeness (QED) is 0.440. The Bertz CT molecular complexity index is 922. The third-order valence-electron chi connectivity index (χ3n) is 3.10. The van der Waals surface area contributed by atoms with Gasteiger partial charge in [0.15, 0.2) is 0 Å². The van der Waals surface area contributed by atoms with Crippen LogP contribution in [0.5, 0.6) is 0 Å². The van der Waals surface area contributed by atoms with Crippen molar-refractivity contribution in [1.29, 1.82) is 0 Å². The third-order valence-corrected chi connectivity index (χ3v) is 3.10. The highest BCUT2D eigenvalue weighted by Gasteiger charge is 1.93. The van der Waals surface area contributed by atoms with Gasteiger partial charge in [0.05, 0.1) is 19.4 Å². The van der Waals surface area contributed by atoms with Gasteiger partial charge in [0.1, 0.15) is 5.69 Å². The molecule has 0 saturated carbocycles. The first-order chi connectivity index (χ1) is 12.2. The third kappa shape index (κ3) is 6.20. The summed E-state index contributed by atoms with van der Waals surface area (Å²) in [5.41, 5.74) is 1.81. The van der Waals surface area contributed by atoms with E-state index in [9.17, 15) is 4.79 Å². The SMILES string of the molecule is C(#Cc1ccccn1)c1ccc2ccccc2c1.COC=CC(=O)O. The molecular weight excluding hydrogens is 314 g/mol. The van der Waals surface area contributed by atoms with Crippen molar-refractivity contribution in [2.24, 2.45) is 0 Å². The number of nitrogens with zero attached hydrogens (tertiary/aromatic N) is 1. The summed E-state index contributed by atoms with van der Waals surface area (Å²) < 4.78 is 4.29. The highest BCUT2D eigenvalue weighted by Crippen LogP contribution is 2.14. The molecule has 0 fully saturated rings. The molecule has 124 valence electrons. The molecule has 4 nitrogen and oxygen atoms in total. The zero-order chi connectivity index (χ0) is 17.9. The minimum absolute atomic E-state index is 0.797. The molecule has 0 spiro atoms. The van der Waals surface area contributed by atoms with Crippen LogP contribution in [0.2, 0.25) is 0 Å². The number of carboxylic acid groups (broad SMARTS) is 1. The molecule has 0 aliphatic carbocycles. The number of carboxylic acids is 1. The van der Waals surface area contributed by atoms with Crippen LogP contribution in [0, 0.1) is 11.8 Å². The molecule has 1 N–H and O–H groups in total. The Balaban J connectivity index is 0.000000277. The molecular formula is C21H17NO3. The number of benzene rings is 2. The van der Waals surface area contributed by atoms with Gasteiger partial charge in [0.25, 0.3) is 0 Å². The smallest absolute Gasteiger partial charge is 0.331 e. The summed E-state index contributed by atoms with van der Waals surface area (Å²) in [6, 6.07) is 20.3. The lowest BCUT2D eigenvalue weighted by Gasteiger charge is -1.97. The van der Waals surface area contributed by atoms with E-state index in [1.165, 1.54) is 17.9 Å². The Kier molecular flexibility index (Phi) is 6.78. The molecule has 0 aliphatic heterocycles. The number of fused-ring (bicyclic) bond motifs is 1. The number of aliphatic carboxylic acids is 1. The number of hydrogen-bond donors (Lipinski definition) is 1. The highest BCUT2D eigenvalue weighted by atomic mass is 16.5. The number of hydrogen-bond acceptors (Lipinski definition) is 3. The van der Waals surface area contributed by atoms with E-state index in [0.717, 1.165) is 23.6 Å². The maximum Gasteiger partial charge on any atom is 0.331 e. The Hall–Kier alpha value is -3.58. The monoisotopic (exact) mass is 331 g/mol. The summed E-state index contributed by atoms with van der Waals surface area (Å²) in [6.07, 6.45) is 3.77. The number of rotatable bonds is 2. The second kappa shape index (κ2) is 9.53. The summed E-state index contributed by atoms with van der Waals surface area (Å²) in [4.78, 5) is 13.8. The Labute approximate surface area is 146 Å². The average Bonchev–Trinajstić information content (AvgIpc) is 2.66. The highest BCUT2D eigenvalue weighted by molar-refractivity contribution is 5.83. The van der Waals surface area contributed by atoms with Crippen molar-refractivity contribution in [3.63, 3.8) is 0 Å². The van der Waals surface area contributed by atoms with Gasteiger partial charge in [0.2, 0.25) is 0 Å². The minimum Gasteiger partial charge on any atom is -0.504 e. The van der Waals surface area contributed by atoms with Crippen LogP contribution in [0.3, 0.4) is 0 Å². The predicted octanol–water partition coefficient (Wildman–Crippen LogP) is 3.87. The van der Waals surface area contributed by atoms with E-state index in [1.54, 1.807) is 6.20 Å². The van der Waals surface area contributed by atoms with Gasteiger partial charge >= 0.3 is 5.97 Å². The van der Waals surface area contributed by atoms with E-state index in [0.29, 0.717) is 0 Å². The molecule has 0 aliphatic rings. The lowest BCUT2D eigenvalue weighted by Crippen LogP contribution is -1.85. The van der Waals surface area contributed by atoms with Gasteiger partial charge in [-0.05, 0) is 41.0 Å². The number of carbonyl (C=O) groups is 1. The zero-order valence-corrected chi connectivity index (χ0v) is 13.7. The molecule has 0 radical (unpaired) electrons. The molecule has 25 heavy (non-hydrogen) atoms. The first-order valence-corrected chi connectivity index (χ1v) is 7.53. The minimum atomic E-state index is -0.998. The van der Waals surface area contributed by atoms with E-state index in [-0.39, 0.29) is 0 Å². The van der Waals surface area contributed by atoms with Gasteiger partial charge in [-0.3, -0.25) is 0 Å². The van der Waals surface area contributed by atoms with E-state index >= 15 is 0 Å². The summed E-state index contributed by atoms with van der Waals surface area (Å²) in [5.74, 6) is 5.21. The van der Waals surface area contributed by atoms with Crippen LogP contribution >= 0.6 is 0 Å². The topological polar surface area (TPSA) is 59.4 Å². The van der Waals surface area contributed by atoms with E-state index < -0.39 is 5.97 Å². The average molecular weight is 331 g/mol. The van der Waals surface area contributed by atoms with Crippen molar-refractivity contribution in [2.75, 3.05) is 7.11 Å². The van der Waals surface area contributed by atoms with Crippen LogP contribution in [0.4, 0.5) is 0 Å². The normalized spacial score (nSPS) is 9.64. The second-order valence-electron chi connectivity index (χ2n) is 4.90. The predicted molar refractivity (Wildman–Crippen MR) is 97.9 cm³/mol. The fourth-order valence-corrected chi connectivity index (χ4v) is 1.97. The van der Waals surface area contributed by atoms with Crippen molar-refractivity contribution < 1.29 is 14.6 Å². The molecule has 3 rings (SSSR count). The van der Waals surface area contributed by atoms with Gasteiger partial charge in [0, 0.05) is 11.8 Å². The van der Waals surface area contributed by atoms with Gasteiger partial charge in [-0.15, -0.1) is 0 Å². The number of aromatic nitrogens is 1. The fourth-order valence-electron chi connectivity index (χ4n) is 1.97. The molecule has 4 heteroatoms. The van der Waals surface area contributed by atoms with Crippen molar-refractivity contribution >= 4 is 16.7 Å². The number of pyridine rings is 1. The molecule has 2 aromatic carbocycles. The van der Waals surface area contributed by atoms with Crippen LogP contribution in [-0.4, -0.2) is 23.2 Å². The van der Waals surface area contributed by atoms with Crippen molar-refractivity contribution in [3.8, 4) is 11.8 Å².